The van der Waals surface area contributed by atoms with Crippen molar-refractivity contribution in [3.63, 3.8) is 0 Å². The number of terminal acetylenes is 1. The fraction of sp³-hybridized carbons (Fsp3) is 0.727. The molecule has 1 saturated heterocycles. The highest BCUT2D eigenvalue weighted by Gasteiger charge is 2.32. The molecule has 15 heavy (non-hydrogen) atoms. The summed E-state index contributed by atoms with van der Waals surface area (Å²) in [4.78, 5) is 11.7. The van der Waals surface area contributed by atoms with E-state index in [1.54, 1.807) is 0 Å². The van der Waals surface area contributed by atoms with Crippen molar-refractivity contribution < 1.29 is 9.53 Å². The SMILES string of the molecule is C#CCCNC(=O)C1COCC1NCC. The first-order valence-electron chi connectivity index (χ1n) is 5.32. The van der Waals surface area contributed by atoms with Gasteiger partial charge in [0.15, 0.2) is 0 Å². The van der Waals surface area contributed by atoms with Gasteiger partial charge in [0.2, 0.25) is 5.91 Å². The van der Waals surface area contributed by atoms with Crippen molar-refractivity contribution in [3.8, 4) is 12.3 Å². The molecule has 0 aromatic heterocycles. The number of nitrogens with one attached hydrogen (secondary N) is 2. The predicted octanol–water partition coefficient (Wildman–Crippen LogP) is -0.250. The molecule has 4 nitrogen and oxygen atoms in total. The van der Waals surface area contributed by atoms with Crippen LogP contribution < -0.4 is 10.6 Å². The zero-order chi connectivity index (χ0) is 11.1. The van der Waals surface area contributed by atoms with Crippen LogP contribution in [0.1, 0.15) is 13.3 Å². The van der Waals surface area contributed by atoms with Crippen LogP contribution >= 0.6 is 0 Å². The summed E-state index contributed by atoms with van der Waals surface area (Å²) < 4.78 is 5.29. The van der Waals surface area contributed by atoms with E-state index in [0.29, 0.717) is 26.2 Å². The number of likely N-dealkylation sites (N-methyl/N-ethyl adjacent to an activating group) is 1. The van der Waals surface area contributed by atoms with Crippen LogP contribution in [0.15, 0.2) is 0 Å². The smallest absolute Gasteiger partial charge is 0.227 e. The van der Waals surface area contributed by atoms with E-state index < -0.39 is 0 Å². The molecule has 0 radical (unpaired) electrons. The van der Waals surface area contributed by atoms with Crippen molar-refractivity contribution in [1.29, 1.82) is 0 Å². The maximum Gasteiger partial charge on any atom is 0.227 e. The number of hydrogen-bond acceptors (Lipinski definition) is 3. The molecule has 1 amide bonds. The van der Waals surface area contributed by atoms with Crippen LogP contribution in [-0.2, 0) is 9.53 Å². The highest BCUT2D eigenvalue weighted by Crippen LogP contribution is 2.13. The fourth-order valence-corrected chi connectivity index (χ4v) is 1.67. The van der Waals surface area contributed by atoms with Gasteiger partial charge in [0.05, 0.1) is 19.1 Å². The average Bonchev–Trinajstić information content (AvgIpc) is 2.67. The number of amides is 1. The Morgan fingerprint density at radius 2 is 2.40 bits per heavy atom. The molecule has 84 valence electrons. The Balaban J connectivity index is 2.34. The van der Waals surface area contributed by atoms with Crippen LogP contribution in [0, 0.1) is 18.3 Å². The molecule has 1 rings (SSSR count). The van der Waals surface area contributed by atoms with Gasteiger partial charge in [-0.05, 0) is 6.54 Å². The first-order valence-corrected chi connectivity index (χ1v) is 5.32. The zero-order valence-electron chi connectivity index (χ0n) is 9.08. The summed E-state index contributed by atoms with van der Waals surface area (Å²) in [6.45, 7) is 4.53. The van der Waals surface area contributed by atoms with Crippen LogP contribution in [0.3, 0.4) is 0 Å². The second-order valence-corrected chi connectivity index (χ2v) is 3.55. The first-order chi connectivity index (χ1) is 7.29. The molecule has 0 saturated carbocycles. The lowest BCUT2D eigenvalue weighted by Gasteiger charge is -2.17. The Morgan fingerprint density at radius 3 is 3.07 bits per heavy atom. The minimum absolute atomic E-state index is 0.0358. The lowest BCUT2D eigenvalue weighted by molar-refractivity contribution is -0.125. The lowest BCUT2D eigenvalue weighted by Crippen LogP contribution is -2.44. The number of ether oxygens (including phenoxy) is 1. The van der Waals surface area contributed by atoms with Gasteiger partial charge in [0, 0.05) is 19.0 Å². The number of hydrogen-bond donors (Lipinski definition) is 2. The molecule has 2 N–H and O–H groups in total. The topological polar surface area (TPSA) is 50.4 Å². The minimum atomic E-state index is -0.0808. The summed E-state index contributed by atoms with van der Waals surface area (Å²) in [7, 11) is 0. The largest absolute Gasteiger partial charge is 0.379 e. The summed E-state index contributed by atoms with van der Waals surface area (Å²) in [5.74, 6) is 2.44. The summed E-state index contributed by atoms with van der Waals surface area (Å²) in [6, 6.07) is 0.140. The molecule has 2 atom stereocenters. The third-order valence-electron chi connectivity index (χ3n) is 2.45. The highest BCUT2D eigenvalue weighted by atomic mass is 16.5. The molecule has 0 aromatic rings. The van der Waals surface area contributed by atoms with Crippen LogP contribution in [0.4, 0.5) is 0 Å². The summed E-state index contributed by atoms with van der Waals surface area (Å²) in [6.07, 6.45) is 5.68. The van der Waals surface area contributed by atoms with Crippen LogP contribution in [0.2, 0.25) is 0 Å². The van der Waals surface area contributed by atoms with Crippen molar-refractivity contribution in [2.75, 3.05) is 26.3 Å². The minimum Gasteiger partial charge on any atom is -0.379 e. The van der Waals surface area contributed by atoms with Crippen molar-refractivity contribution in [3.05, 3.63) is 0 Å². The van der Waals surface area contributed by atoms with E-state index >= 15 is 0 Å². The van der Waals surface area contributed by atoms with E-state index in [9.17, 15) is 4.79 Å². The maximum atomic E-state index is 11.7. The number of carbonyl (C=O) groups excluding carboxylic acids is 1. The molecule has 1 aliphatic heterocycles. The van der Waals surface area contributed by atoms with Gasteiger partial charge in [0.1, 0.15) is 0 Å². The summed E-state index contributed by atoms with van der Waals surface area (Å²) in [5.41, 5.74) is 0. The predicted molar refractivity (Wildman–Crippen MR) is 58.2 cm³/mol. The second kappa shape index (κ2) is 6.44. The monoisotopic (exact) mass is 210 g/mol. The average molecular weight is 210 g/mol. The van der Waals surface area contributed by atoms with E-state index in [1.165, 1.54) is 0 Å². The molecule has 1 heterocycles. The standard InChI is InChI=1S/C11H18N2O2/c1-3-5-6-13-11(14)9-7-15-8-10(9)12-4-2/h1,9-10,12H,4-8H2,2H3,(H,13,14). The molecular formula is C11H18N2O2. The maximum absolute atomic E-state index is 11.7. The van der Waals surface area contributed by atoms with Crippen molar-refractivity contribution in [2.24, 2.45) is 5.92 Å². The first kappa shape index (κ1) is 12.0. The van der Waals surface area contributed by atoms with Gasteiger partial charge in [-0.2, -0.15) is 0 Å². The third-order valence-corrected chi connectivity index (χ3v) is 2.45. The summed E-state index contributed by atoms with van der Waals surface area (Å²) >= 11 is 0. The van der Waals surface area contributed by atoms with Gasteiger partial charge in [-0.15, -0.1) is 12.3 Å². The number of rotatable bonds is 5. The van der Waals surface area contributed by atoms with Gasteiger partial charge in [-0.1, -0.05) is 6.92 Å². The third kappa shape index (κ3) is 3.54. The second-order valence-electron chi connectivity index (χ2n) is 3.55. The van der Waals surface area contributed by atoms with Gasteiger partial charge in [-0.3, -0.25) is 4.79 Å². The van der Waals surface area contributed by atoms with E-state index in [2.05, 4.69) is 16.6 Å². The molecular weight excluding hydrogens is 192 g/mol. The summed E-state index contributed by atoms with van der Waals surface area (Å²) in [5, 5.41) is 6.05. The van der Waals surface area contributed by atoms with E-state index in [4.69, 9.17) is 11.2 Å². The van der Waals surface area contributed by atoms with Gasteiger partial charge in [0.25, 0.3) is 0 Å². The quantitative estimate of drug-likeness (QED) is 0.486. The Bertz CT molecular complexity index is 247. The molecule has 0 bridgehead atoms. The van der Waals surface area contributed by atoms with E-state index in [-0.39, 0.29) is 17.9 Å². The van der Waals surface area contributed by atoms with Crippen molar-refractivity contribution >= 4 is 5.91 Å². The molecule has 1 fully saturated rings. The Morgan fingerprint density at radius 1 is 1.60 bits per heavy atom. The molecule has 4 heteroatoms. The lowest BCUT2D eigenvalue weighted by atomic mass is 10.0. The van der Waals surface area contributed by atoms with Crippen LogP contribution in [-0.4, -0.2) is 38.3 Å². The van der Waals surface area contributed by atoms with E-state index in [0.717, 1.165) is 6.54 Å². The Kier molecular flexibility index (Phi) is 5.16. The van der Waals surface area contributed by atoms with Crippen LogP contribution in [0.25, 0.3) is 0 Å². The molecule has 2 unspecified atom stereocenters. The van der Waals surface area contributed by atoms with Gasteiger partial charge >= 0.3 is 0 Å². The molecule has 0 spiro atoms. The highest BCUT2D eigenvalue weighted by molar-refractivity contribution is 5.79. The van der Waals surface area contributed by atoms with E-state index in [1.807, 2.05) is 6.92 Å². The zero-order valence-corrected chi connectivity index (χ0v) is 9.08. The Labute approximate surface area is 90.8 Å². The normalized spacial score (nSPS) is 24.8. The number of carbonyl (C=O) groups is 1. The fourth-order valence-electron chi connectivity index (χ4n) is 1.67. The van der Waals surface area contributed by atoms with Gasteiger partial charge < -0.3 is 15.4 Å². The van der Waals surface area contributed by atoms with Gasteiger partial charge in [-0.25, -0.2) is 0 Å². The molecule has 0 aromatic carbocycles. The van der Waals surface area contributed by atoms with Crippen LogP contribution in [0.5, 0.6) is 0 Å². The molecule has 0 aliphatic carbocycles. The Hall–Kier alpha value is -1.05. The van der Waals surface area contributed by atoms with Crippen molar-refractivity contribution in [2.45, 2.75) is 19.4 Å². The molecule has 1 aliphatic rings. The van der Waals surface area contributed by atoms with Crippen molar-refractivity contribution in [1.82, 2.24) is 10.6 Å².